The first-order valence-corrected chi connectivity index (χ1v) is 9.44. The van der Waals surface area contributed by atoms with Gasteiger partial charge in [0.1, 0.15) is 6.33 Å². The minimum atomic E-state index is 0.481. The Balaban J connectivity index is 1.31. The highest BCUT2D eigenvalue weighted by Crippen LogP contribution is 2.25. The lowest BCUT2D eigenvalue weighted by atomic mass is 9.94. The smallest absolute Gasteiger partial charge is 0.222 e. The molecule has 1 aromatic carbocycles. The fourth-order valence-electron chi connectivity index (χ4n) is 3.55. The molecule has 2 aromatic heterocycles. The van der Waals surface area contributed by atoms with E-state index in [0.717, 1.165) is 37.4 Å². The van der Waals surface area contributed by atoms with Crippen LogP contribution in [0.4, 0.5) is 5.95 Å². The zero-order valence-corrected chi connectivity index (χ0v) is 15.3. The molecule has 1 atom stereocenters. The van der Waals surface area contributed by atoms with E-state index in [0.29, 0.717) is 11.9 Å². The van der Waals surface area contributed by atoms with Gasteiger partial charge in [0.15, 0.2) is 0 Å². The number of likely N-dealkylation sites (tertiary alicyclic amines) is 1. The Labute approximate surface area is 159 Å². The van der Waals surface area contributed by atoms with Gasteiger partial charge in [-0.05, 0) is 31.0 Å². The van der Waals surface area contributed by atoms with E-state index in [4.69, 9.17) is 0 Å². The molecule has 6 heteroatoms. The molecule has 0 aliphatic carbocycles. The lowest BCUT2D eigenvalue weighted by molar-refractivity contribution is 0.198. The van der Waals surface area contributed by atoms with Crippen LogP contribution in [0.15, 0.2) is 61.3 Å². The Morgan fingerprint density at radius 2 is 1.85 bits per heavy atom. The summed E-state index contributed by atoms with van der Waals surface area (Å²) < 4.78 is 0. The van der Waals surface area contributed by atoms with Gasteiger partial charge in [-0.25, -0.2) is 19.9 Å². The van der Waals surface area contributed by atoms with E-state index >= 15 is 0 Å². The monoisotopic (exact) mass is 360 g/mol. The summed E-state index contributed by atoms with van der Waals surface area (Å²) in [5.41, 5.74) is 3.50. The maximum atomic E-state index is 4.47. The molecule has 1 N–H and O–H groups in total. The average Bonchev–Trinajstić information content (AvgIpc) is 2.75. The molecule has 138 valence electrons. The Kier molecular flexibility index (Phi) is 5.64. The molecular weight excluding hydrogens is 336 g/mol. The van der Waals surface area contributed by atoms with E-state index < -0.39 is 0 Å². The summed E-state index contributed by atoms with van der Waals surface area (Å²) in [4.78, 5) is 19.9. The largest absolute Gasteiger partial charge is 0.350 e. The van der Waals surface area contributed by atoms with E-state index in [1.54, 1.807) is 6.33 Å². The number of hydrogen-bond donors (Lipinski definition) is 1. The normalized spacial score (nSPS) is 17.6. The van der Waals surface area contributed by atoms with Crippen molar-refractivity contribution in [2.24, 2.45) is 0 Å². The molecule has 27 heavy (non-hydrogen) atoms. The molecule has 1 fully saturated rings. The van der Waals surface area contributed by atoms with Crippen LogP contribution in [0, 0.1) is 0 Å². The molecular formula is C21H24N6. The Bertz CT molecular complexity index is 822. The standard InChI is InChI=1S/C21H24N6/c1-2-5-17(6-3-1)11-23-21-24-12-18(13-25-21)14-27-10-4-7-19(15-27)20-8-9-22-16-26-20/h1-3,5-6,8-9,12-13,16,19H,4,7,10-11,14-15H2,(H,23,24,25). The van der Waals surface area contributed by atoms with Crippen molar-refractivity contribution in [3.05, 3.63) is 78.1 Å². The summed E-state index contributed by atoms with van der Waals surface area (Å²) in [5.74, 6) is 1.15. The van der Waals surface area contributed by atoms with Crippen LogP contribution >= 0.6 is 0 Å². The molecule has 0 radical (unpaired) electrons. The number of anilines is 1. The highest BCUT2D eigenvalue weighted by molar-refractivity contribution is 5.28. The number of aromatic nitrogens is 4. The lowest BCUT2D eigenvalue weighted by Crippen LogP contribution is -2.34. The second-order valence-electron chi connectivity index (χ2n) is 6.96. The molecule has 4 rings (SSSR count). The van der Waals surface area contributed by atoms with Gasteiger partial charge in [-0.1, -0.05) is 30.3 Å². The molecule has 1 saturated heterocycles. The molecule has 6 nitrogen and oxygen atoms in total. The van der Waals surface area contributed by atoms with Crippen LogP contribution in [0.2, 0.25) is 0 Å². The third kappa shape index (κ3) is 4.86. The summed E-state index contributed by atoms with van der Waals surface area (Å²) in [6, 6.07) is 12.3. The van der Waals surface area contributed by atoms with Crippen LogP contribution in [0.3, 0.4) is 0 Å². The van der Waals surface area contributed by atoms with Gasteiger partial charge < -0.3 is 5.32 Å². The van der Waals surface area contributed by atoms with Crippen molar-refractivity contribution in [3.63, 3.8) is 0 Å². The summed E-state index contributed by atoms with van der Waals surface area (Å²) in [7, 11) is 0. The quantitative estimate of drug-likeness (QED) is 0.728. The van der Waals surface area contributed by atoms with Gasteiger partial charge in [0.05, 0.1) is 0 Å². The highest BCUT2D eigenvalue weighted by Gasteiger charge is 2.22. The number of hydrogen-bond acceptors (Lipinski definition) is 6. The van der Waals surface area contributed by atoms with Crippen LogP contribution < -0.4 is 5.32 Å². The summed E-state index contributed by atoms with van der Waals surface area (Å²) >= 11 is 0. The van der Waals surface area contributed by atoms with E-state index in [1.807, 2.05) is 42.9 Å². The molecule has 0 spiro atoms. The van der Waals surface area contributed by atoms with Gasteiger partial charge >= 0.3 is 0 Å². The topological polar surface area (TPSA) is 66.8 Å². The van der Waals surface area contributed by atoms with E-state index in [1.165, 1.54) is 18.4 Å². The van der Waals surface area contributed by atoms with Crippen LogP contribution in [-0.4, -0.2) is 37.9 Å². The van der Waals surface area contributed by atoms with Gasteiger partial charge in [-0.3, -0.25) is 4.90 Å². The maximum Gasteiger partial charge on any atom is 0.222 e. The first-order valence-electron chi connectivity index (χ1n) is 9.44. The minimum Gasteiger partial charge on any atom is -0.350 e. The fourth-order valence-corrected chi connectivity index (χ4v) is 3.55. The summed E-state index contributed by atoms with van der Waals surface area (Å²) in [5, 5.41) is 3.27. The van der Waals surface area contributed by atoms with Crippen molar-refractivity contribution in [2.75, 3.05) is 18.4 Å². The van der Waals surface area contributed by atoms with Gasteiger partial charge in [0.25, 0.3) is 0 Å². The molecule has 3 heterocycles. The Hall–Kier alpha value is -2.86. The molecule has 3 aromatic rings. The van der Waals surface area contributed by atoms with Gasteiger partial charge in [0.2, 0.25) is 5.95 Å². The molecule has 1 aliphatic heterocycles. The molecule has 0 bridgehead atoms. The zero-order valence-electron chi connectivity index (χ0n) is 15.3. The van der Waals surface area contributed by atoms with Crippen molar-refractivity contribution in [1.82, 2.24) is 24.8 Å². The third-order valence-corrected chi connectivity index (χ3v) is 4.93. The number of nitrogens with zero attached hydrogens (tertiary/aromatic N) is 5. The number of nitrogens with one attached hydrogen (secondary N) is 1. The number of rotatable bonds is 6. The first kappa shape index (κ1) is 17.5. The maximum absolute atomic E-state index is 4.47. The predicted molar refractivity (Wildman–Crippen MR) is 105 cm³/mol. The predicted octanol–water partition coefficient (Wildman–Crippen LogP) is 3.26. The number of benzene rings is 1. The average molecular weight is 360 g/mol. The SMILES string of the molecule is c1ccc(CNc2ncc(CN3CCCC(c4ccncn4)C3)cn2)cc1. The number of piperidine rings is 1. The Morgan fingerprint density at radius 1 is 1.00 bits per heavy atom. The zero-order chi connectivity index (χ0) is 18.3. The van der Waals surface area contributed by atoms with Crippen molar-refractivity contribution < 1.29 is 0 Å². The fraction of sp³-hybridized carbons (Fsp3) is 0.333. The summed E-state index contributed by atoms with van der Waals surface area (Å²) in [6.45, 7) is 3.73. The van der Waals surface area contributed by atoms with Gasteiger partial charge in [0, 0.05) is 55.4 Å². The molecule has 1 aliphatic rings. The van der Waals surface area contributed by atoms with Crippen LogP contribution in [0.25, 0.3) is 0 Å². The van der Waals surface area contributed by atoms with E-state index in [-0.39, 0.29) is 0 Å². The third-order valence-electron chi connectivity index (χ3n) is 4.93. The molecule has 0 amide bonds. The molecule has 0 saturated carbocycles. The van der Waals surface area contributed by atoms with Crippen LogP contribution in [0.1, 0.15) is 35.6 Å². The van der Waals surface area contributed by atoms with Crippen molar-refractivity contribution in [3.8, 4) is 0 Å². The van der Waals surface area contributed by atoms with Crippen molar-refractivity contribution in [2.45, 2.75) is 31.8 Å². The second-order valence-corrected chi connectivity index (χ2v) is 6.96. The van der Waals surface area contributed by atoms with Gasteiger partial charge in [-0.15, -0.1) is 0 Å². The van der Waals surface area contributed by atoms with Crippen molar-refractivity contribution >= 4 is 5.95 Å². The minimum absolute atomic E-state index is 0.481. The second kappa shape index (κ2) is 8.68. The van der Waals surface area contributed by atoms with E-state index in [9.17, 15) is 0 Å². The molecule has 1 unspecified atom stereocenters. The van der Waals surface area contributed by atoms with E-state index in [2.05, 4.69) is 42.3 Å². The first-order chi connectivity index (χ1) is 13.4. The highest BCUT2D eigenvalue weighted by atomic mass is 15.1. The summed E-state index contributed by atoms with van der Waals surface area (Å²) in [6.07, 6.45) is 9.70. The van der Waals surface area contributed by atoms with Crippen LogP contribution in [-0.2, 0) is 13.1 Å². The Morgan fingerprint density at radius 3 is 2.63 bits per heavy atom. The van der Waals surface area contributed by atoms with Gasteiger partial charge in [-0.2, -0.15) is 0 Å². The lowest BCUT2D eigenvalue weighted by Gasteiger charge is -2.32. The van der Waals surface area contributed by atoms with Crippen molar-refractivity contribution in [1.29, 1.82) is 0 Å². The van der Waals surface area contributed by atoms with Crippen LogP contribution in [0.5, 0.6) is 0 Å².